The predicted octanol–water partition coefficient (Wildman–Crippen LogP) is 2.85. The van der Waals surface area contributed by atoms with Crippen molar-refractivity contribution in [2.75, 3.05) is 6.54 Å². The van der Waals surface area contributed by atoms with Gasteiger partial charge in [0.15, 0.2) is 0 Å². The monoisotopic (exact) mass is 262 g/mol. The maximum atomic E-state index is 4.46. The van der Waals surface area contributed by atoms with Gasteiger partial charge in [-0.3, -0.25) is 0 Å². The third kappa shape index (κ3) is 2.83. The molecule has 1 N–H and O–H groups in total. The fourth-order valence-electron chi connectivity index (χ4n) is 3.63. The van der Waals surface area contributed by atoms with Crippen molar-refractivity contribution >= 4 is 0 Å². The molecule has 0 amide bonds. The Bertz CT molecular complexity index is 406. The lowest BCUT2D eigenvalue weighted by Gasteiger charge is -2.24. The second-order valence-corrected chi connectivity index (χ2v) is 6.11. The van der Waals surface area contributed by atoms with E-state index in [0.29, 0.717) is 6.04 Å². The Hall–Kier alpha value is -0.900. The minimum absolute atomic E-state index is 0.423. The van der Waals surface area contributed by atoms with Crippen molar-refractivity contribution in [1.82, 2.24) is 20.1 Å². The second-order valence-electron chi connectivity index (χ2n) is 6.11. The normalized spacial score (nSPS) is 23.7. The molecule has 2 heterocycles. The number of fused-ring (bicyclic) bond motifs is 1. The van der Waals surface area contributed by atoms with Gasteiger partial charge in [0.05, 0.1) is 6.04 Å². The summed E-state index contributed by atoms with van der Waals surface area (Å²) >= 11 is 0. The number of rotatable bonds is 5. The largest absolute Gasteiger partial charge is 0.312 e. The average Bonchev–Trinajstić information content (AvgIpc) is 3.06. The van der Waals surface area contributed by atoms with Crippen molar-refractivity contribution in [2.24, 2.45) is 5.92 Å². The molecule has 1 aliphatic heterocycles. The Morgan fingerprint density at radius 1 is 1.21 bits per heavy atom. The molecule has 106 valence electrons. The van der Waals surface area contributed by atoms with Gasteiger partial charge in [-0.1, -0.05) is 39.0 Å². The van der Waals surface area contributed by atoms with E-state index in [4.69, 9.17) is 0 Å². The first-order valence-corrected chi connectivity index (χ1v) is 8.04. The lowest BCUT2D eigenvalue weighted by atomic mass is 10.0. The molecule has 1 atom stereocenters. The van der Waals surface area contributed by atoms with Gasteiger partial charge in [0.2, 0.25) is 0 Å². The van der Waals surface area contributed by atoms with Crippen LogP contribution in [0.3, 0.4) is 0 Å². The molecule has 4 heteroatoms. The van der Waals surface area contributed by atoms with Gasteiger partial charge in [-0.05, 0) is 18.8 Å². The molecule has 0 saturated heterocycles. The molecule has 0 spiro atoms. The standard InChI is InChI=1S/C15H26N4/c1-2-5-13-15-18-17-14(19(15)11-10-16-13)9-8-12-6-3-4-7-12/h12-13,16H,2-11H2,1H3. The van der Waals surface area contributed by atoms with Crippen molar-refractivity contribution in [1.29, 1.82) is 0 Å². The van der Waals surface area contributed by atoms with Crippen LogP contribution in [0.1, 0.15) is 69.6 Å². The van der Waals surface area contributed by atoms with Gasteiger partial charge in [0, 0.05) is 19.5 Å². The van der Waals surface area contributed by atoms with Crippen molar-refractivity contribution in [3.05, 3.63) is 11.6 Å². The molecule has 1 saturated carbocycles. The zero-order valence-corrected chi connectivity index (χ0v) is 12.1. The third-order valence-corrected chi connectivity index (χ3v) is 4.72. The van der Waals surface area contributed by atoms with E-state index < -0.39 is 0 Å². The summed E-state index contributed by atoms with van der Waals surface area (Å²) in [7, 11) is 0. The highest BCUT2D eigenvalue weighted by molar-refractivity contribution is 5.04. The maximum Gasteiger partial charge on any atom is 0.150 e. The Morgan fingerprint density at radius 3 is 2.84 bits per heavy atom. The number of hydrogen-bond acceptors (Lipinski definition) is 3. The van der Waals surface area contributed by atoms with Crippen molar-refractivity contribution in [2.45, 2.75) is 70.9 Å². The van der Waals surface area contributed by atoms with Gasteiger partial charge in [-0.25, -0.2) is 0 Å². The van der Waals surface area contributed by atoms with Gasteiger partial charge in [-0.2, -0.15) is 0 Å². The SMILES string of the molecule is CCCC1NCCn2c(CCC3CCCC3)nnc21. The highest BCUT2D eigenvalue weighted by Gasteiger charge is 2.24. The lowest BCUT2D eigenvalue weighted by molar-refractivity contribution is 0.384. The molecule has 1 aromatic rings. The van der Waals surface area contributed by atoms with Crippen LogP contribution in [0.2, 0.25) is 0 Å². The molecular formula is C15H26N4. The van der Waals surface area contributed by atoms with Gasteiger partial charge in [0.25, 0.3) is 0 Å². The highest BCUT2D eigenvalue weighted by atomic mass is 15.3. The van der Waals surface area contributed by atoms with Crippen LogP contribution in [0, 0.1) is 5.92 Å². The topological polar surface area (TPSA) is 42.7 Å². The molecule has 2 aliphatic rings. The summed E-state index contributed by atoms with van der Waals surface area (Å²) in [6, 6.07) is 0.423. The number of aromatic nitrogens is 3. The first-order chi connectivity index (χ1) is 9.38. The first-order valence-electron chi connectivity index (χ1n) is 8.04. The molecule has 0 aromatic carbocycles. The van der Waals surface area contributed by atoms with Crippen LogP contribution in [0.4, 0.5) is 0 Å². The van der Waals surface area contributed by atoms with E-state index in [-0.39, 0.29) is 0 Å². The van der Waals surface area contributed by atoms with E-state index in [2.05, 4.69) is 27.0 Å². The van der Waals surface area contributed by atoms with Crippen LogP contribution >= 0.6 is 0 Å². The molecule has 19 heavy (non-hydrogen) atoms. The number of nitrogens with one attached hydrogen (secondary N) is 1. The number of hydrogen-bond donors (Lipinski definition) is 1. The Labute approximate surface area is 116 Å². The van der Waals surface area contributed by atoms with Crippen LogP contribution in [0.15, 0.2) is 0 Å². The van der Waals surface area contributed by atoms with E-state index >= 15 is 0 Å². The fourth-order valence-corrected chi connectivity index (χ4v) is 3.63. The Morgan fingerprint density at radius 2 is 2.05 bits per heavy atom. The lowest BCUT2D eigenvalue weighted by Crippen LogP contribution is -2.34. The van der Waals surface area contributed by atoms with E-state index in [0.717, 1.165) is 25.4 Å². The van der Waals surface area contributed by atoms with Crippen LogP contribution in [-0.2, 0) is 13.0 Å². The highest BCUT2D eigenvalue weighted by Crippen LogP contribution is 2.29. The van der Waals surface area contributed by atoms with Crippen LogP contribution in [-0.4, -0.2) is 21.3 Å². The van der Waals surface area contributed by atoms with Gasteiger partial charge in [0.1, 0.15) is 11.6 Å². The Kier molecular flexibility index (Phi) is 4.16. The molecule has 1 aromatic heterocycles. The molecule has 0 radical (unpaired) electrons. The molecular weight excluding hydrogens is 236 g/mol. The smallest absolute Gasteiger partial charge is 0.150 e. The molecule has 1 aliphatic carbocycles. The molecule has 0 bridgehead atoms. The van der Waals surface area contributed by atoms with Gasteiger partial charge < -0.3 is 9.88 Å². The zero-order valence-electron chi connectivity index (χ0n) is 12.1. The summed E-state index contributed by atoms with van der Waals surface area (Å²) < 4.78 is 2.38. The van der Waals surface area contributed by atoms with E-state index in [1.807, 2.05) is 0 Å². The Balaban J connectivity index is 1.66. The third-order valence-electron chi connectivity index (χ3n) is 4.72. The van der Waals surface area contributed by atoms with E-state index in [9.17, 15) is 0 Å². The summed E-state index contributed by atoms with van der Waals surface area (Å²) in [5.74, 6) is 3.35. The zero-order chi connectivity index (χ0) is 13.1. The van der Waals surface area contributed by atoms with Crippen molar-refractivity contribution < 1.29 is 0 Å². The van der Waals surface area contributed by atoms with Crippen LogP contribution < -0.4 is 5.32 Å². The summed E-state index contributed by atoms with van der Waals surface area (Å²) in [4.78, 5) is 0. The van der Waals surface area contributed by atoms with Crippen molar-refractivity contribution in [3.8, 4) is 0 Å². The minimum atomic E-state index is 0.423. The quantitative estimate of drug-likeness (QED) is 0.887. The minimum Gasteiger partial charge on any atom is -0.312 e. The molecule has 3 rings (SSSR count). The van der Waals surface area contributed by atoms with Gasteiger partial charge in [-0.15, -0.1) is 10.2 Å². The van der Waals surface area contributed by atoms with E-state index in [1.54, 1.807) is 0 Å². The summed E-state index contributed by atoms with van der Waals surface area (Å²) in [6.45, 7) is 4.34. The first kappa shape index (κ1) is 13.1. The molecule has 1 unspecified atom stereocenters. The number of nitrogens with zero attached hydrogens (tertiary/aromatic N) is 3. The summed E-state index contributed by atoms with van der Waals surface area (Å²) in [5, 5.41) is 12.5. The number of aryl methyl sites for hydroxylation is 1. The summed E-state index contributed by atoms with van der Waals surface area (Å²) in [5.41, 5.74) is 0. The fraction of sp³-hybridized carbons (Fsp3) is 0.867. The average molecular weight is 262 g/mol. The van der Waals surface area contributed by atoms with Crippen LogP contribution in [0.25, 0.3) is 0 Å². The maximum absolute atomic E-state index is 4.46. The van der Waals surface area contributed by atoms with Crippen molar-refractivity contribution in [3.63, 3.8) is 0 Å². The predicted molar refractivity (Wildman–Crippen MR) is 76.0 cm³/mol. The summed E-state index contributed by atoms with van der Waals surface area (Å²) in [6.07, 6.45) is 10.5. The van der Waals surface area contributed by atoms with Gasteiger partial charge >= 0.3 is 0 Å². The molecule has 4 nitrogen and oxygen atoms in total. The second kappa shape index (κ2) is 6.04. The van der Waals surface area contributed by atoms with E-state index in [1.165, 1.54) is 56.6 Å². The van der Waals surface area contributed by atoms with Crippen LogP contribution in [0.5, 0.6) is 0 Å². The molecule has 1 fully saturated rings.